The van der Waals surface area contributed by atoms with Crippen LogP contribution in [0.25, 0.3) is 0 Å². The van der Waals surface area contributed by atoms with Crippen molar-refractivity contribution in [3.05, 3.63) is 35.4 Å². The summed E-state index contributed by atoms with van der Waals surface area (Å²) >= 11 is 0. The number of nitrogens with zero attached hydrogens (tertiary/aromatic N) is 3. The van der Waals surface area contributed by atoms with E-state index < -0.39 is 34.4 Å². The number of amidine groups is 1. The maximum Gasteiger partial charge on any atom is 0.416 e. The van der Waals surface area contributed by atoms with E-state index in [9.17, 15) is 23.7 Å². The van der Waals surface area contributed by atoms with Gasteiger partial charge in [0.25, 0.3) is 5.91 Å². The highest BCUT2D eigenvalue weighted by molar-refractivity contribution is 6.00. The molecule has 3 rings (SSSR count). The van der Waals surface area contributed by atoms with Gasteiger partial charge in [-0.25, -0.2) is 4.99 Å². The number of alkyl halides is 3. The SMILES string of the molecule is COC1(OC)N=C(N)C2(C#N)C(c3cccc(C(F)(F)F)c3)C12C#N. The molecule has 1 aliphatic carbocycles. The fourth-order valence-electron chi connectivity index (χ4n) is 3.92. The Labute approximate surface area is 141 Å². The van der Waals surface area contributed by atoms with Crippen molar-refractivity contribution in [2.75, 3.05) is 14.2 Å². The molecule has 0 aromatic heterocycles. The molecule has 1 saturated carbocycles. The summed E-state index contributed by atoms with van der Waals surface area (Å²) in [5.74, 6) is -3.02. The molecular formula is C16H13F3N4O2. The third-order valence-electron chi connectivity index (χ3n) is 5.03. The van der Waals surface area contributed by atoms with Gasteiger partial charge in [-0.3, -0.25) is 0 Å². The standard InChI is InChI=1S/C16H13F3N4O2/c1-24-16(25-2)14(8-21)11(13(14,7-20)12(22)23-16)9-4-3-5-10(6-9)15(17,18)19/h3-6,11H,1-2H3,(H2,22,23). The third kappa shape index (κ3) is 1.72. The molecule has 0 radical (unpaired) electrons. The van der Waals surface area contributed by atoms with Crippen molar-refractivity contribution in [2.45, 2.75) is 18.0 Å². The van der Waals surface area contributed by atoms with Crippen molar-refractivity contribution < 1.29 is 22.6 Å². The van der Waals surface area contributed by atoms with Crippen LogP contribution in [0.15, 0.2) is 29.3 Å². The molecule has 0 saturated heterocycles. The van der Waals surface area contributed by atoms with Gasteiger partial charge in [-0.2, -0.15) is 23.7 Å². The predicted molar refractivity (Wildman–Crippen MR) is 78.6 cm³/mol. The summed E-state index contributed by atoms with van der Waals surface area (Å²) in [4.78, 5) is 4.00. The normalized spacial score (nSPS) is 32.3. The van der Waals surface area contributed by atoms with E-state index >= 15 is 0 Å². The van der Waals surface area contributed by atoms with Crippen LogP contribution in [0, 0.1) is 33.5 Å². The van der Waals surface area contributed by atoms with Crippen LogP contribution in [0.2, 0.25) is 0 Å². The Bertz CT molecular complexity index is 850. The van der Waals surface area contributed by atoms with Gasteiger partial charge in [0.15, 0.2) is 5.41 Å². The number of methoxy groups -OCH3 is 2. The highest BCUT2D eigenvalue weighted by atomic mass is 19.4. The van der Waals surface area contributed by atoms with Gasteiger partial charge in [-0.05, 0) is 11.6 Å². The molecule has 0 bridgehead atoms. The summed E-state index contributed by atoms with van der Waals surface area (Å²) in [6.45, 7) is 0. The molecule has 3 atom stereocenters. The Hall–Kier alpha value is -2.62. The van der Waals surface area contributed by atoms with Gasteiger partial charge in [0.1, 0.15) is 11.3 Å². The molecule has 1 fully saturated rings. The number of benzene rings is 1. The fraction of sp³-hybridized carbons (Fsp3) is 0.438. The molecule has 6 nitrogen and oxygen atoms in total. The monoisotopic (exact) mass is 350 g/mol. The summed E-state index contributed by atoms with van der Waals surface area (Å²) in [6.07, 6.45) is -4.56. The van der Waals surface area contributed by atoms with E-state index in [0.717, 1.165) is 12.1 Å². The number of hydrogen-bond acceptors (Lipinski definition) is 6. The van der Waals surface area contributed by atoms with E-state index in [0.29, 0.717) is 0 Å². The second kappa shape index (κ2) is 4.94. The van der Waals surface area contributed by atoms with E-state index in [1.165, 1.54) is 26.4 Å². The van der Waals surface area contributed by atoms with Crippen molar-refractivity contribution in [3.63, 3.8) is 0 Å². The van der Waals surface area contributed by atoms with Gasteiger partial charge in [0, 0.05) is 20.1 Å². The van der Waals surface area contributed by atoms with Gasteiger partial charge in [-0.1, -0.05) is 18.2 Å². The molecule has 0 spiro atoms. The molecule has 1 aromatic carbocycles. The Morgan fingerprint density at radius 2 is 1.84 bits per heavy atom. The van der Waals surface area contributed by atoms with E-state index in [1.54, 1.807) is 0 Å². The molecule has 1 heterocycles. The lowest BCUT2D eigenvalue weighted by molar-refractivity contribution is -0.230. The first-order valence-corrected chi connectivity index (χ1v) is 7.16. The minimum atomic E-state index is -4.56. The van der Waals surface area contributed by atoms with Crippen LogP contribution in [0.1, 0.15) is 17.0 Å². The Morgan fingerprint density at radius 3 is 2.32 bits per heavy atom. The number of hydrogen-bond donors (Lipinski definition) is 1. The first-order valence-electron chi connectivity index (χ1n) is 7.16. The zero-order valence-corrected chi connectivity index (χ0v) is 13.3. The van der Waals surface area contributed by atoms with E-state index in [-0.39, 0.29) is 11.4 Å². The quantitative estimate of drug-likeness (QED) is 0.841. The summed E-state index contributed by atoms with van der Waals surface area (Å²) in [5, 5.41) is 19.6. The molecule has 0 amide bonds. The minimum Gasteiger partial charge on any atom is -0.386 e. The molecule has 3 unspecified atom stereocenters. The maximum absolute atomic E-state index is 13.0. The summed E-state index contributed by atoms with van der Waals surface area (Å²) in [7, 11) is 2.46. The lowest BCUT2D eigenvalue weighted by Crippen LogP contribution is -2.41. The average molecular weight is 350 g/mol. The van der Waals surface area contributed by atoms with Crippen LogP contribution in [0.5, 0.6) is 0 Å². The molecule has 1 aromatic rings. The number of aliphatic imine (C=N–C) groups is 1. The maximum atomic E-state index is 13.0. The average Bonchev–Trinajstić information content (AvgIpc) is 3.17. The highest BCUT2D eigenvalue weighted by Crippen LogP contribution is 2.81. The number of fused-ring (bicyclic) bond motifs is 1. The van der Waals surface area contributed by atoms with Crippen LogP contribution in [-0.4, -0.2) is 26.0 Å². The van der Waals surface area contributed by atoms with Crippen molar-refractivity contribution in [2.24, 2.45) is 21.6 Å². The second-order valence-corrected chi connectivity index (χ2v) is 5.88. The summed E-state index contributed by atoms with van der Waals surface area (Å²) in [5.41, 5.74) is 1.88. The Balaban J connectivity index is 2.22. The van der Waals surface area contributed by atoms with Gasteiger partial charge < -0.3 is 15.2 Å². The second-order valence-electron chi connectivity index (χ2n) is 5.88. The zero-order chi connectivity index (χ0) is 18.7. The third-order valence-corrected chi connectivity index (χ3v) is 5.03. The summed E-state index contributed by atoms with van der Waals surface area (Å²) in [6, 6.07) is 8.41. The number of nitrogens with two attached hydrogens (primary N) is 1. The van der Waals surface area contributed by atoms with E-state index in [1.807, 2.05) is 12.1 Å². The van der Waals surface area contributed by atoms with E-state index in [2.05, 4.69) is 4.99 Å². The molecule has 25 heavy (non-hydrogen) atoms. The number of ether oxygens (including phenoxy) is 2. The first kappa shape index (κ1) is 17.2. The lowest BCUT2D eigenvalue weighted by Gasteiger charge is -2.29. The number of halogens is 3. The lowest BCUT2D eigenvalue weighted by atomic mass is 9.93. The highest BCUT2D eigenvalue weighted by Gasteiger charge is 2.93. The van der Waals surface area contributed by atoms with Crippen molar-refractivity contribution in [1.29, 1.82) is 10.5 Å². The zero-order valence-electron chi connectivity index (χ0n) is 13.3. The summed E-state index contributed by atoms with van der Waals surface area (Å²) < 4.78 is 49.6. The van der Waals surface area contributed by atoms with Crippen molar-refractivity contribution in [1.82, 2.24) is 0 Å². The van der Waals surface area contributed by atoms with Gasteiger partial charge in [0.2, 0.25) is 0 Å². The van der Waals surface area contributed by atoms with E-state index in [4.69, 9.17) is 15.2 Å². The topological polar surface area (TPSA) is 104 Å². The predicted octanol–water partition coefficient (Wildman–Crippen LogP) is 2.14. The number of nitriles is 2. The van der Waals surface area contributed by atoms with Crippen LogP contribution in [0.4, 0.5) is 13.2 Å². The molecule has 2 aliphatic rings. The molecule has 2 N–H and O–H groups in total. The van der Waals surface area contributed by atoms with Crippen LogP contribution in [0.3, 0.4) is 0 Å². The Kier molecular flexibility index (Phi) is 3.40. The largest absolute Gasteiger partial charge is 0.416 e. The molecule has 9 heteroatoms. The Morgan fingerprint density at radius 1 is 1.20 bits per heavy atom. The fourth-order valence-corrected chi connectivity index (χ4v) is 3.92. The molecular weight excluding hydrogens is 337 g/mol. The smallest absolute Gasteiger partial charge is 0.386 e. The van der Waals surface area contributed by atoms with Gasteiger partial charge >= 0.3 is 6.18 Å². The van der Waals surface area contributed by atoms with Crippen molar-refractivity contribution >= 4 is 5.84 Å². The molecule has 1 aliphatic heterocycles. The first-order chi connectivity index (χ1) is 11.7. The van der Waals surface area contributed by atoms with Crippen molar-refractivity contribution in [3.8, 4) is 12.1 Å². The van der Waals surface area contributed by atoms with Crippen LogP contribution in [-0.2, 0) is 15.7 Å². The number of rotatable bonds is 3. The van der Waals surface area contributed by atoms with Gasteiger partial charge in [-0.15, -0.1) is 0 Å². The van der Waals surface area contributed by atoms with Crippen LogP contribution >= 0.6 is 0 Å². The minimum absolute atomic E-state index is 0.147. The molecule has 130 valence electrons. The van der Waals surface area contributed by atoms with Crippen LogP contribution < -0.4 is 5.73 Å². The van der Waals surface area contributed by atoms with Gasteiger partial charge in [0.05, 0.1) is 17.7 Å².